The molecule has 1 N–H and O–H groups in total. The summed E-state index contributed by atoms with van der Waals surface area (Å²) in [5, 5.41) is 9.48. The van der Waals surface area contributed by atoms with E-state index < -0.39 is 5.60 Å². The SMILES string of the molecule is O=C(C1CC(O)C1)N1CCOCC2(C1)CN(c1cccnc1)C(=O)CO2. The molecule has 1 aromatic heterocycles. The maximum atomic E-state index is 12.7. The van der Waals surface area contributed by atoms with Crippen molar-refractivity contribution in [3.05, 3.63) is 24.5 Å². The molecule has 8 heteroatoms. The van der Waals surface area contributed by atoms with Crippen LogP contribution in [0.5, 0.6) is 0 Å². The monoisotopic (exact) mass is 361 g/mol. The van der Waals surface area contributed by atoms with Crippen LogP contribution in [0.1, 0.15) is 12.8 Å². The van der Waals surface area contributed by atoms with Gasteiger partial charge in [0.2, 0.25) is 5.91 Å². The molecule has 0 aromatic carbocycles. The Morgan fingerprint density at radius 2 is 2.19 bits per heavy atom. The van der Waals surface area contributed by atoms with Crippen molar-refractivity contribution >= 4 is 17.5 Å². The molecule has 140 valence electrons. The number of carbonyl (C=O) groups excluding carboxylic acids is 2. The highest BCUT2D eigenvalue weighted by Crippen LogP contribution is 2.32. The lowest BCUT2D eigenvalue weighted by atomic mass is 9.81. The minimum atomic E-state index is -0.752. The van der Waals surface area contributed by atoms with E-state index in [9.17, 15) is 14.7 Å². The van der Waals surface area contributed by atoms with E-state index in [-0.39, 0.29) is 30.4 Å². The fourth-order valence-electron chi connectivity index (χ4n) is 3.79. The van der Waals surface area contributed by atoms with E-state index in [1.54, 1.807) is 28.3 Å². The summed E-state index contributed by atoms with van der Waals surface area (Å²) in [4.78, 5) is 32.6. The molecule has 2 amide bonds. The normalized spacial score (nSPS) is 32.3. The number of hydrogen-bond acceptors (Lipinski definition) is 6. The van der Waals surface area contributed by atoms with E-state index in [0.717, 1.165) is 0 Å². The third-order valence-corrected chi connectivity index (χ3v) is 5.33. The van der Waals surface area contributed by atoms with Gasteiger partial charge in [-0.3, -0.25) is 14.6 Å². The molecule has 3 fully saturated rings. The number of aliphatic hydroxyl groups excluding tert-OH is 1. The zero-order valence-electron chi connectivity index (χ0n) is 14.5. The van der Waals surface area contributed by atoms with Crippen LogP contribution in [0.2, 0.25) is 0 Å². The third-order valence-electron chi connectivity index (χ3n) is 5.33. The molecule has 2 saturated heterocycles. The Hall–Kier alpha value is -2.03. The molecule has 2 aliphatic heterocycles. The number of pyridine rings is 1. The molecule has 0 bridgehead atoms. The van der Waals surface area contributed by atoms with E-state index in [1.165, 1.54) is 0 Å². The second-order valence-corrected chi connectivity index (χ2v) is 7.30. The predicted molar refractivity (Wildman–Crippen MR) is 91.4 cm³/mol. The predicted octanol–water partition coefficient (Wildman–Crippen LogP) is -0.187. The summed E-state index contributed by atoms with van der Waals surface area (Å²) in [7, 11) is 0. The van der Waals surface area contributed by atoms with Gasteiger partial charge in [-0.05, 0) is 25.0 Å². The topological polar surface area (TPSA) is 92.2 Å². The number of ether oxygens (including phenoxy) is 2. The Labute approximate surface area is 151 Å². The molecule has 8 nitrogen and oxygen atoms in total. The van der Waals surface area contributed by atoms with Crippen LogP contribution >= 0.6 is 0 Å². The summed E-state index contributed by atoms with van der Waals surface area (Å²) in [6, 6.07) is 3.62. The van der Waals surface area contributed by atoms with Gasteiger partial charge in [0.1, 0.15) is 12.2 Å². The van der Waals surface area contributed by atoms with Crippen molar-refractivity contribution < 1.29 is 24.2 Å². The van der Waals surface area contributed by atoms with Crippen LogP contribution in [-0.4, -0.2) is 78.0 Å². The number of aromatic nitrogens is 1. The van der Waals surface area contributed by atoms with E-state index in [4.69, 9.17) is 9.47 Å². The first-order valence-electron chi connectivity index (χ1n) is 8.95. The van der Waals surface area contributed by atoms with E-state index in [1.807, 2.05) is 6.07 Å². The van der Waals surface area contributed by atoms with Gasteiger partial charge in [-0.1, -0.05) is 0 Å². The van der Waals surface area contributed by atoms with Gasteiger partial charge in [-0.25, -0.2) is 0 Å². The molecular weight excluding hydrogens is 338 g/mol. The third kappa shape index (κ3) is 3.32. The zero-order chi connectivity index (χ0) is 18.1. The lowest BCUT2D eigenvalue weighted by molar-refractivity contribution is -0.153. The average Bonchev–Trinajstić information content (AvgIpc) is 2.84. The maximum absolute atomic E-state index is 12.7. The number of amides is 2. The minimum Gasteiger partial charge on any atom is -0.393 e. The Bertz CT molecular complexity index is 679. The van der Waals surface area contributed by atoms with Crippen molar-refractivity contribution in [2.75, 3.05) is 44.4 Å². The molecule has 1 saturated carbocycles. The van der Waals surface area contributed by atoms with Gasteiger partial charge in [0.15, 0.2) is 0 Å². The molecule has 1 aromatic rings. The number of hydrogen-bond donors (Lipinski definition) is 1. The lowest BCUT2D eigenvalue weighted by Gasteiger charge is -2.43. The van der Waals surface area contributed by atoms with Gasteiger partial charge in [0.05, 0.1) is 44.3 Å². The smallest absolute Gasteiger partial charge is 0.253 e. The van der Waals surface area contributed by atoms with Crippen molar-refractivity contribution in [2.45, 2.75) is 24.5 Å². The summed E-state index contributed by atoms with van der Waals surface area (Å²) < 4.78 is 11.6. The highest BCUT2D eigenvalue weighted by atomic mass is 16.6. The summed E-state index contributed by atoms with van der Waals surface area (Å²) >= 11 is 0. The van der Waals surface area contributed by atoms with Crippen LogP contribution in [0.25, 0.3) is 0 Å². The summed E-state index contributed by atoms with van der Waals surface area (Å²) in [5.41, 5.74) is -0.0393. The van der Waals surface area contributed by atoms with Gasteiger partial charge >= 0.3 is 0 Å². The lowest BCUT2D eigenvalue weighted by Crippen LogP contribution is -2.62. The molecule has 3 heterocycles. The quantitative estimate of drug-likeness (QED) is 0.785. The Balaban J connectivity index is 1.52. The van der Waals surface area contributed by atoms with E-state index >= 15 is 0 Å². The van der Waals surface area contributed by atoms with Crippen molar-refractivity contribution in [2.24, 2.45) is 5.92 Å². The van der Waals surface area contributed by atoms with Crippen LogP contribution in [0.3, 0.4) is 0 Å². The molecule has 4 rings (SSSR count). The maximum Gasteiger partial charge on any atom is 0.253 e. The van der Waals surface area contributed by atoms with Gasteiger partial charge in [0, 0.05) is 18.7 Å². The van der Waals surface area contributed by atoms with Crippen molar-refractivity contribution in [1.29, 1.82) is 0 Å². The van der Waals surface area contributed by atoms with Gasteiger partial charge in [-0.2, -0.15) is 0 Å². The first-order valence-corrected chi connectivity index (χ1v) is 8.95. The molecular formula is C18H23N3O5. The molecule has 26 heavy (non-hydrogen) atoms. The Morgan fingerprint density at radius 1 is 1.35 bits per heavy atom. The highest BCUT2D eigenvalue weighted by molar-refractivity contribution is 5.95. The average molecular weight is 361 g/mol. The highest BCUT2D eigenvalue weighted by Gasteiger charge is 2.46. The standard InChI is InChI=1S/C18H23N3O5/c22-15-6-13(7-15)17(24)20-4-5-25-12-18(10-20)11-21(16(23)9-26-18)14-2-1-3-19-8-14/h1-3,8,13,15,22H,4-7,9-12H2. The zero-order valence-corrected chi connectivity index (χ0v) is 14.5. The van der Waals surface area contributed by atoms with Gasteiger partial charge < -0.3 is 24.4 Å². The number of rotatable bonds is 2. The largest absolute Gasteiger partial charge is 0.393 e. The molecule has 3 aliphatic rings. The van der Waals surface area contributed by atoms with Crippen molar-refractivity contribution in [1.82, 2.24) is 9.88 Å². The van der Waals surface area contributed by atoms with Crippen LogP contribution in [0, 0.1) is 5.92 Å². The minimum absolute atomic E-state index is 0.0357. The number of aliphatic hydroxyl groups is 1. The van der Waals surface area contributed by atoms with E-state index in [0.29, 0.717) is 51.4 Å². The van der Waals surface area contributed by atoms with Crippen LogP contribution in [-0.2, 0) is 19.1 Å². The second-order valence-electron chi connectivity index (χ2n) is 7.30. The second kappa shape index (κ2) is 6.94. The van der Waals surface area contributed by atoms with Crippen LogP contribution < -0.4 is 4.90 Å². The van der Waals surface area contributed by atoms with E-state index in [2.05, 4.69) is 4.98 Å². The van der Waals surface area contributed by atoms with Crippen LogP contribution in [0.4, 0.5) is 5.69 Å². The van der Waals surface area contributed by atoms with Crippen molar-refractivity contribution in [3.8, 4) is 0 Å². The fourth-order valence-corrected chi connectivity index (χ4v) is 3.79. The number of anilines is 1. The number of nitrogens with zero attached hydrogens (tertiary/aromatic N) is 3. The fraction of sp³-hybridized carbons (Fsp3) is 0.611. The van der Waals surface area contributed by atoms with Crippen molar-refractivity contribution in [3.63, 3.8) is 0 Å². The van der Waals surface area contributed by atoms with Gasteiger partial charge in [-0.15, -0.1) is 0 Å². The number of morpholine rings is 1. The molecule has 1 spiro atoms. The summed E-state index contributed by atoms with van der Waals surface area (Å²) in [5.74, 6) is -0.221. The number of carbonyl (C=O) groups is 2. The summed E-state index contributed by atoms with van der Waals surface area (Å²) in [6.45, 7) is 1.90. The first-order chi connectivity index (χ1) is 12.6. The molecule has 1 atom stereocenters. The first kappa shape index (κ1) is 17.4. The van der Waals surface area contributed by atoms with Gasteiger partial charge in [0.25, 0.3) is 5.91 Å². The Morgan fingerprint density at radius 3 is 2.92 bits per heavy atom. The summed E-state index contributed by atoms with van der Waals surface area (Å²) in [6.07, 6.45) is 3.97. The molecule has 0 radical (unpaired) electrons. The van der Waals surface area contributed by atoms with Crippen LogP contribution in [0.15, 0.2) is 24.5 Å². The molecule has 1 unspecified atom stereocenters. The Kier molecular flexibility index (Phi) is 4.64. The molecule has 1 aliphatic carbocycles.